The SMILES string of the molecule is COC(=O)[C@@H]1O[C@@H](Oc2ccc3c(C)cc(=O)oc3c2)C(O)C(O)[C@@H]1O. The molecule has 2 unspecified atom stereocenters. The molecule has 2 aromatic rings. The van der Waals surface area contributed by atoms with Crippen molar-refractivity contribution in [3.05, 3.63) is 40.2 Å². The molecule has 0 spiro atoms. The van der Waals surface area contributed by atoms with Gasteiger partial charge in [0.15, 0.2) is 6.10 Å². The van der Waals surface area contributed by atoms with Gasteiger partial charge in [0.25, 0.3) is 0 Å². The molecule has 9 nitrogen and oxygen atoms in total. The number of aliphatic hydroxyl groups excluding tert-OH is 3. The lowest BCUT2D eigenvalue weighted by Crippen LogP contribution is -2.61. The standard InChI is InChI=1S/C17H18O9/c1-7-5-11(18)25-10-6-8(3-4-9(7)10)24-17-14(21)12(19)13(20)15(26-17)16(22)23-2/h3-6,12-15,17,19-21H,1-2H3/t12?,13-,14?,15+,17+/m0/s1. The van der Waals surface area contributed by atoms with Gasteiger partial charge in [-0.2, -0.15) is 0 Å². The van der Waals surface area contributed by atoms with Crippen LogP contribution in [0.4, 0.5) is 0 Å². The van der Waals surface area contributed by atoms with Crippen LogP contribution in [0.5, 0.6) is 5.75 Å². The van der Waals surface area contributed by atoms with Gasteiger partial charge in [-0.1, -0.05) is 0 Å². The van der Waals surface area contributed by atoms with Crippen LogP contribution in [0.25, 0.3) is 11.0 Å². The number of methoxy groups -OCH3 is 1. The summed E-state index contributed by atoms with van der Waals surface area (Å²) in [7, 11) is 1.10. The summed E-state index contributed by atoms with van der Waals surface area (Å²) in [6, 6.07) is 5.98. The van der Waals surface area contributed by atoms with E-state index >= 15 is 0 Å². The van der Waals surface area contributed by atoms with E-state index in [1.54, 1.807) is 19.1 Å². The van der Waals surface area contributed by atoms with Gasteiger partial charge in [0, 0.05) is 17.5 Å². The zero-order chi connectivity index (χ0) is 19.0. The summed E-state index contributed by atoms with van der Waals surface area (Å²) in [5, 5.41) is 30.5. The van der Waals surface area contributed by atoms with E-state index in [4.69, 9.17) is 13.9 Å². The molecule has 9 heteroatoms. The Kier molecular flexibility index (Phi) is 4.97. The first-order valence-electron chi connectivity index (χ1n) is 7.80. The Morgan fingerprint density at radius 2 is 1.85 bits per heavy atom. The lowest BCUT2D eigenvalue weighted by Gasteiger charge is -2.38. The van der Waals surface area contributed by atoms with Gasteiger partial charge in [-0.15, -0.1) is 0 Å². The van der Waals surface area contributed by atoms with E-state index in [-0.39, 0.29) is 11.3 Å². The molecular weight excluding hydrogens is 348 g/mol. The smallest absolute Gasteiger partial charge is 0.337 e. The van der Waals surface area contributed by atoms with Crippen LogP contribution in [-0.4, -0.2) is 59.1 Å². The Labute approximate surface area is 147 Å². The number of fused-ring (bicyclic) bond motifs is 1. The van der Waals surface area contributed by atoms with Gasteiger partial charge in [-0.3, -0.25) is 0 Å². The fourth-order valence-corrected chi connectivity index (χ4v) is 2.77. The van der Waals surface area contributed by atoms with Crippen molar-refractivity contribution < 1.29 is 38.7 Å². The maximum atomic E-state index is 11.7. The van der Waals surface area contributed by atoms with E-state index in [0.29, 0.717) is 5.39 Å². The molecule has 140 valence electrons. The summed E-state index contributed by atoms with van der Waals surface area (Å²) < 4.78 is 20.4. The highest BCUT2D eigenvalue weighted by Gasteiger charge is 2.48. The molecule has 1 aliphatic rings. The number of esters is 1. The molecule has 0 saturated carbocycles. The first kappa shape index (κ1) is 18.3. The number of aliphatic hydroxyl groups is 3. The summed E-state index contributed by atoms with van der Waals surface area (Å²) in [6.07, 6.45) is -7.95. The zero-order valence-electron chi connectivity index (χ0n) is 14.0. The molecule has 26 heavy (non-hydrogen) atoms. The van der Waals surface area contributed by atoms with Crippen LogP contribution in [0.3, 0.4) is 0 Å². The van der Waals surface area contributed by atoms with Crippen molar-refractivity contribution in [2.24, 2.45) is 0 Å². The van der Waals surface area contributed by atoms with E-state index in [1.165, 1.54) is 12.1 Å². The molecule has 0 bridgehead atoms. The molecule has 1 aromatic heterocycles. The third-order valence-electron chi connectivity index (χ3n) is 4.18. The van der Waals surface area contributed by atoms with Crippen LogP contribution in [0.15, 0.2) is 33.5 Å². The van der Waals surface area contributed by atoms with Crippen molar-refractivity contribution in [3.63, 3.8) is 0 Å². The molecule has 2 heterocycles. The Hall–Kier alpha value is -2.46. The second kappa shape index (κ2) is 7.04. The molecule has 1 aromatic carbocycles. The van der Waals surface area contributed by atoms with Crippen molar-refractivity contribution >= 4 is 16.9 Å². The highest BCUT2D eigenvalue weighted by atomic mass is 16.7. The van der Waals surface area contributed by atoms with Gasteiger partial charge >= 0.3 is 11.6 Å². The normalized spacial score (nSPS) is 28.7. The average Bonchev–Trinajstić information content (AvgIpc) is 2.61. The lowest BCUT2D eigenvalue weighted by atomic mass is 9.99. The number of aryl methyl sites for hydroxylation is 1. The molecule has 0 amide bonds. The number of benzene rings is 1. The maximum absolute atomic E-state index is 11.7. The molecule has 3 rings (SSSR count). The number of carbonyl (C=O) groups excluding carboxylic acids is 1. The van der Waals surface area contributed by atoms with Crippen molar-refractivity contribution in [1.29, 1.82) is 0 Å². The minimum Gasteiger partial charge on any atom is -0.467 e. The first-order valence-corrected chi connectivity index (χ1v) is 7.80. The van der Waals surface area contributed by atoms with Crippen LogP contribution >= 0.6 is 0 Å². The summed E-state index contributed by atoms with van der Waals surface area (Å²) >= 11 is 0. The molecular formula is C17H18O9. The van der Waals surface area contributed by atoms with Gasteiger partial charge in [-0.05, 0) is 24.6 Å². The Morgan fingerprint density at radius 3 is 2.54 bits per heavy atom. The summed E-state index contributed by atoms with van der Waals surface area (Å²) in [5.41, 5.74) is 0.467. The van der Waals surface area contributed by atoms with Crippen LogP contribution in [0.2, 0.25) is 0 Å². The van der Waals surface area contributed by atoms with Crippen LogP contribution < -0.4 is 10.4 Å². The third kappa shape index (κ3) is 3.29. The van der Waals surface area contributed by atoms with Crippen molar-refractivity contribution in [2.75, 3.05) is 7.11 Å². The zero-order valence-corrected chi connectivity index (χ0v) is 14.0. The molecule has 5 atom stereocenters. The van der Waals surface area contributed by atoms with Crippen molar-refractivity contribution in [1.82, 2.24) is 0 Å². The Bertz CT molecular complexity index is 874. The fourth-order valence-electron chi connectivity index (χ4n) is 2.77. The second-order valence-corrected chi connectivity index (χ2v) is 5.94. The molecule has 1 aliphatic heterocycles. The van der Waals surface area contributed by atoms with Gasteiger partial charge in [0.2, 0.25) is 6.29 Å². The average molecular weight is 366 g/mol. The summed E-state index contributed by atoms with van der Waals surface area (Å²) in [5.74, 6) is -0.750. The van der Waals surface area contributed by atoms with Crippen molar-refractivity contribution in [2.45, 2.75) is 37.6 Å². The Balaban J connectivity index is 1.88. The predicted molar refractivity (Wildman–Crippen MR) is 86.5 cm³/mol. The highest BCUT2D eigenvalue weighted by Crippen LogP contribution is 2.27. The van der Waals surface area contributed by atoms with Crippen LogP contribution in [-0.2, 0) is 14.3 Å². The largest absolute Gasteiger partial charge is 0.467 e. The molecule has 3 N–H and O–H groups in total. The first-order chi connectivity index (χ1) is 12.3. The van der Waals surface area contributed by atoms with E-state index in [2.05, 4.69) is 4.74 Å². The predicted octanol–water partition coefficient (Wildman–Crippen LogP) is -0.539. The van der Waals surface area contributed by atoms with E-state index in [9.17, 15) is 24.9 Å². The minimum atomic E-state index is -1.68. The Morgan fingerprint density at radius 1 is 1.12 bits per heavy atom. The summed E-state index contributed by atoms with van der Waals surface area (Å²) in [4.78, 5) is 23.2. The third-order valence-corrected chi connectivity index (χ3v) is 4.18. The minimum absolute atomic E-state index is 0.169. The maximum Gasteiger partial charge on any atom is 0.337 e. The monoisotopic (exact) mass is 366 g/mol. The van der Waals surface area contributed by atoms with Crippen LogP contribution in [0, 0.1) is 6.92 Å². The van der Waals surface area contributed by atoms with Crippen LogP contribution in [0.1, 0.15) is 5.56 Å². The number of ether oxygens (including phenoxy) is 3. The fraction of sp³-hybridized carbons (Fsp3) is 0.412. The van der Waals surface area contributed by atoms with Gasteiger partial charge in [0.1, 0.15) is 29.6 Å². The molecule has 0 radical (unpaired) electrons. The molecule has 1 fully saturated rings. The lowest BCUT2D eigenvalue weighted by molar-refractivity contribution is -0.271. The number of carbonyl (C=O) groups is 1. The highest BCUT2D eigenvalue weighted by molar-refractivity contribution is 5.81. The quantitative estimate of drug-likeness (QED) is 0.483. The van der Waals surface area contributed by atoms with E-state index in [1.807, 2.05) is 0 Å². The topological polar surface area (TPSA) is 136 Å². The van der Waals surface area contributed by atoms with Gasteiger partial charge in [-0.25, -0.2) is 9.59 Å². The number of hydrogen-bond donors (Lipinski definition) is 3. The second-order valence-electron chi connectivity index (χ2n) is 5.94. The van der Waals surface area contributed by atoms with E-state index < -0.39 is 42.3 Å². The number of rotatable bonds is 3. The summed E-state index contributed by atoms with van der Waals surface area (Å²) in [6.45, 7) is 1.76. The van der Waals surface area contributed by atoms with Gasteiger partial charge < -0.3 is 33.9 Å². The number of hydrogen-bond acceptors (Lipinski definition) is 9. The van der Waals surface area contributed by atoms with Crippen molar-refractivity contribution in [3.8, 4) is 5.75 Å². The van der Waals surface area contributed by atoms with E-state index in [0.717, 1.165) is 12.7 Å². The molecule has 0 aliphatic carbocycles. The molecule has 1 saturated heterocycles. The van der Waals surface area contributed by atoms with Gasteiger partial charge in [0.05, 0.1) is 7.11 Å².